The molecule has 0 aliphatic carbocycles. The van der Waals surface area contributed by atoms with E-state index in [1.165, 1.54) is 13.1 Å². The van der Waals surface area contributed by atoms with Gasteiger partial charge in [-0.1, -0.05) is 0 Å². The van der Waals surface area contributed by atoms with Gasteiger partial charge in [-0.15, -0.1) is 0 Å². The van der Waals surface area contributed by atoms with Crippen molar-refractivity contribution < 1.29 is 20.1 Å². The third kappa shape index (κ3) is 2.23. The molecule has 0 saturated carbocycles. The second-order valence-electron chi connectivity index (χ2n) is 4.63. The van der Waals surface area contributed by atoms with Gasteiger partial charge in [-0.25, -0.2) is 4.79 Å². The van der Waals surface area contributed by atoms with Crippen molar-refractivity contribution in [2.75, 3.05) is 19.0 Å². The highest BCUT2D eigenvalue weighted by Crippen LogP contribution is 2.37. The van der Waals surface area contributed by atoms with Gasteiger partial charge in [-0.3, -0.25) is 4.57 Å². The Bertz CT molecular complexity index is 515. The molecule has 4 atom stereocenters. The molecule has 0 amide bonds. The summed E-state index contributed by atoms with van der Waals surface area (Å²) in [5.74, 6) is 0.387. The molecule has 0 spiro atoms. The highest BCUT2D eigenvalue weighted by Gasteiger charge is 2.53. The number of aliphatic hydroxyl groups excluding tert-OH is 2. The predicted octanol–water partition coefficient (Wildman–Crippen LogP) is -1.71. The molecule has 0 aromatic carbocycles. The van der Waals surface area contributed by atoms with E-state index in [0.29, 0.717) is 5.82 Å². The number of nitrogens with one attached hydrogen (secondary N) is 1. The lowest BCUT2D eigenvalue weighted by Crippen LogP contribution is -2.46. The van der Waals surface area contributed by atoms with E-state index >= 15 is 0 Å². The molecular weight excluding hydrogens is 254 g/mol. The van der Waals surface area contributed by atoms with Crippen molar-refractivity contribution in [2.24, 2.45) is 0 Å². The Labute approximate surface area is 109 Å². The van der Waals surface area contributed by atoms with Crippen LogP contribution in [0.4, 0.5) is 5.82 Å². The van der Waals surface area contributed by atoms with Crippen LogP contribution in [0.15, 0.2) is 17.1 Å². The highest BCUT2D eigenvalue weighted by molar-refractivity contribution is 5.30. The van der Waals surface area contributed by atoms with Gasteiger partial charge in [0, 0.05) is 13.2 Å². The minimum absolute atomic E-state index is 0.387. The fourth-order valence-corrected chi connectivity index (χ4v) is 2.12. The molecule has 2 rings (SSSR count). The molecule has 1 aliphatic heterocycles. The Kier molecular flexibility index (Phi) is 3.59. The standard InChI is InChI=1S/C11H17N3O5/c1-11(18)8(16)6(5-15)19-9(11)14-4-3-7(12-2)13-10(14)17/h3-4,6,8-9,15-16,18H,5H2,1-2H3,(H,12,13,17)/t6-,8?,9-,11-/m1/s1. The van der Waals surface area contributed by atoms with Gasteiger partial charge in [0.15, 0.2) is 6.23 Å². The minimum atomic E-state index is -1.69. The van der Waals surface area contributed by atoms with E-state index in [2.05, 4.69) is 10.3 Å². The summed E-state index contributed by atoms with van der Waals surface area (Å²) in [6, 6.07) is 1.54. The van der Waals surface area contributed by atoms with E-state index in [-0.39, 0.29) is 0 Å². The van der Waals surface area contributed by atoms with Crippen molar-refractivity contribution in [2.45, 2.75) is 31.0 Å². The number of aromatic nitrogens is 2. The molecule has 106 valence electrons. The van der Waals surface area contributed by atoms with Gasteiger partial charge in [-0.2, -0.15) is 4.98 Å². The lowest BCUT2D eigenvalue weighted by molar-refractivity contribution is -0.0986. The Morgan fingerprint density at radius 1 is 1.63 bits per heavy atom. The van der Waals surface area contributed by atoms with E-state index in [0.717, 1.165) is 4.57 Å². The van der Waals surface area contributed by atoms with Crippen LogP contribution in [0.5, 0.6) is 0 Å². The summed E-state index contributed by atoms with van der Waals surface area (Å²) in [5, 5.41) is 31.9. The SMILES string of the molecule is CNc1ccn([C@@H]2O[C@H](CO)C(O)[C@@]2(C)O)c(=O)n1. The number of ether oxygens (including phenoxy) is 1. The number of hydrogen-bond acceptors (Lipinski definition) is 7. The minimum Gasteiger partial charge on any atom is -0.394 e. The molecule has 1 saturated heterocycles. The first-order valence-electron chi connectivity index (χ1n) is 5.85. The number of hydrogen-bond donors (Lipinski definition) is 4. The maximum Gasteiger partial charge on any atom is 0.351 e. The van der Waals surface area contributed by atoms with Crippen LogP contribution in [0.3, 0.4) is 0 Å². The summed E-state index contributed by atoms with van der Waals surface area (Å²) >= 11 is 0. The normalized spacial score (nSPS) is 34.5. The molecule has 0 radical (unpaired) electrons. The predicted molar refractivity (Wildman–Crippen MR) is 65.7 cm³/mol. The summed E-state index contributed by atoms with van der Waals surface area (Å²) in [7, 11) is 1.62. The third-order valence-electron chi connectivity index (χ3n) is 3.27. The molecule has 8 heteroatoms. The first-order chi connectivity index (χ1) is 8.91. The summed E-state index contributed by atoms with van der Waals surface area (Å²) in [5.41, 5.74) is -2.32. The molecule has 2 heterocycles. The van der Waals surface area contributed by atoms with Crippen LogP contribution in [0, 0.1) is 0 Å². The second-order valence-corrected chi connectivity index (χ2v) is 4.63. The quantitative estimate of drug-likeness (QED) is 0.517. The average Bonchev–Trinajstić information content (AvgIpc) is 2.61. The Morgan fingerprint density at radius 2 is 2.32 bits per heavy atom. The van der Waals surface area contributed by atoms with Gasteiger partial charge in [-0.05, 0) is 13.0 Å². The van der Waals surface area contributed by atoms with Gasteiger partial charge < -0.3 is 25.4 Å². The molecular formula is C11H17N3O5. The van der Waals surface area contributed by atoms with Crippen LogP contribution < -0.4 is 11.0 Å². The molecule has 8 nitrogen and oxygen atoms in total. The zero-order chi connectivity index (χ0) is 14.2. The smallest absolute Gasteiger partial charge is 0.351 e. The van der Waals surface area contributed by atoms with Crippen LogP contribution >= 0.6 is 0 Å². The fourth-order valence-electron chi connectivity index (χ4n) is 2.12. The van der Waals surface area contributed by atoms with Crippen molar-refractivity contribution in [1.82, 2.24) is 9.55 Å². The number of aliphatic hydroxyl groups is 3. The Hall–Kier alpha value is -1.48. The maximum atomic E-state index is 11.9. The van der Waals surface area contributed by atoms with Gasteiger partial charge in [0.05, 0.1) is 6.61 Å². The molecule has 1 fully saturated rings. The van der Waals surface area contributed by atoms with Gasteiger partial charge in [0.25, 0.3) is 0 Å². The number of anilines is 1. The van der Waals surface area contributed by atoms with Gasteiger partial charge in [0.1, 0.15) is 23.6 Å². The zero-order valence-electron chi connectivity index (χ0n) is 10.6. The second kappa shape index (κ2) is 4.89. The maximum absolute atomic E-state index is 11.9. The van der Waals surface area contributed by atoms with E-state index in [9.17, 15) is 15.0 Å². The Balaban J connectivity index is 2.39. The van der Waals surface area contributed by atoms with Crippen LogP contribution in [0.25, 0.3) is 0 Å². The average molecular weight is 271 g/mol. The molecule has 1 unspecified atom stereocenters. The van der Waals surface area contributed by atoms with E-state index in [4.69, 9.17) is 9.84 Å². The van der Waals surface area contributed by atoms with Crippen molar-refractivity contribution in [3.05, 3.63) is 22.7 Å². The zero-order valence-corrected chi connectivity index (χ0v) is 10.6. The number of rotatable bonds is 3. The van der Waals surface area contributed by atoms with Gasteiger partial charge in [0.2, 0.25) is 0 Å². The summed E-state index contributed by atoms with van der Waals surface area (Å²) in [4.78, 5) is 15.6. The van der Waals surface area contributed by atoms with Crippen molar-refractivity contribution in [1.29, 1.82) is 0 Å². The van der Waals surface area contributed by atoms with Crippen molar-refractivity contribution >= 4 is 5.82 Å². The summed E-state index contributed by atoms with van der Waals surface area (Å²) in [6.07, 6.45) is -1.94. The van der Waals surface area contributed by atoms with Crippen LogP contribution in [0.2, 0.25) is 0 Å². The van der Waals surface area contributed by atoms with Crippen LogP contribution in [-0.4, -0.2) is 56.3 Å². The van der Waals surface area contributed by atoms with Crippen molar-refractivity contribution in [3.8, 4) is 0 Å². The van der Waals surface area contributed by atoms with Crippen LogP contribution in [-0.2, 0) is 4.74 Å². The van der Waals surface area contributed by atoms with Crippen LogP contribution in [0.1, 0.15) is 13.2 Å². The largest absolute Gasteiger partial charge is 0.394 e. The number of nitrogens with zero attached hydrogens (tertiary/aromatic N) is 2. The molecule has 1 aromatic rings. The van der Waals surface area contributed by atoms with E-state index in [1.807, 2.05) is 0 Å². The molecule has 1 aromatic heterocycles. The molecule has 1 aliphatic rings. The van der Waals surface area contributed by atoms with Crippen molar-refractivity contribution in [3.63, 3.8) is 0 Å². The Morgan fingerprint density at radius 3 is 2.79 bits per heavy atom. The third-order valence-corrected chi connectivity index (χ3v) is 3.27. The molecule has 4 N–H and O–H groups in total. The lowest BCUT2D eigenvalue weighted by atomic mass is 9.96. The van der Waals surface area contributed by atoms with Gasteiger partial charge >= 0.3 is 5.69 Å². The monoisotopic (exact) mass is 271 g/mol. The fraction of sp³-hybridized carbons (Fsp3) is 0.636. The highest BCUT2D eigenvalue weighted by atomic mass is 16.6. The molecule has 19 heavy (non-hydrogen) atoms. The lowest BCUT2D eigenvalue weighted by Gasteiger charge is -2.27. The van der Waals surface area contributed by atoms with E-state index < -0.39 is 36.3 Å². The summed E-state index contributed by atoms with van der Waals surface area (Å²) in [6.45, 7) is 0.890. The topological polar surface area (TPSA) is 117 Å². The molecule has 0 bridgehead atoms. The van der Waals surface area contributed by atoms with E-state index in [1.54, 1.807) is 13.1 Å². The summed E-state index contributed by atoms with van der Waals surface area (Å²) < 4.78 is 6.41. The first-order valence-corrected chi connectivity index (χ1v) is 5.85. The first kappa shape index (κ1) is 13.9.